The molecule has 3 radical (unpaired) electrons. The first-order chi connectivity index (χ1) is 3.18. The van der Waals surface area contributed by atoms with Gasteiger partial charge in [-0.15, -0.1) is 0 Å². The quantitative estimate of drug-likeness (QED) is 0.510. The van der Waals surface area contributed by atoms with Crippen LogP contribution in [-0.4, -0.2) is 17.8 Å². The van der Waals surface area contributed by atoms with E-state index in [0.717, 1.165) is 0 Å². The highest BCUT2D eigenvalue weighted by atomic mass is 16.3. The standard InChI is InChI=1S/C5H13NO.N/c1-4(2)5(6)3-7;/h4-5,7H,3,6H2,1-2H3;/t5-;/m1./s1. The number of hydrogen-bond acceptors (Lipinski definition) is 2. The SMILES string of the molecule is CC(C)[C@H](N)CO.[N]. The molecule has 0 saturated carbocycles. The second-order valence-corrected chi connectivity index (χ2v) is 2.09. The lowest BCUT2D eigenvalue weighted by Crippen LogP contribution is -2.29. The summed E-state index contributed by atoms with van der Waals surface area (Å²) in [5, 5.41) is 8.38. The van der Waals surface area contributed by atoms with Crippen LogP contribution >= 0.6 is 0 Å². The zero-order chi connectivity index (χ0) is 5.86. The van der Waals surface area contributed by atoms with Crippen molar-refractivity contribution in [3.05, 3.63) is 0 Å². The summed E-state index contributed by atoms with van der Waals surface area (Å²) < 4.78 is 0. The Morgan fingerprint density at radius 3 is 1.88 bits per heavy atom. The van der Waals surface area contributed by atoms with E-state index < -0.39 is 0 Å². The summed E-state index contributed by atoms with van der Waals surface area (Å²) in [6.45, 7) is 4.07. The van der Waals surface area contributed by atoms with Crippen molar-refractivity contribution < 1.29 is 5.11 Å². The second kappa shape index (κ2) is 5.03. The van der Waals surface area contributed by atoms with E-state index in [0.29, 0.717) is 5.92 Å². The van der Waals surface area contributed by atoms with Crippen LogP contribution in [0.25, 0.3) is 0 Å². The van der Waals surface area contributed by atoms with Gasteiger partial charge in [0.2, 0.25) is 0 Å². The maximum atomic E-state index is 8.38. The van der Waals surface area contributed by atoms with Crippen molar-refractivity contribution in [3.8, 4) is 0 Å². The predicted octanol–water partition coefficient (Wildman–Crippen LogP) is -0.519. The van der Waals surface area contributed by atoms with Crippen LogP contribution in [0.15, 0.2) is 0 Å². The monoisotopic (exact) mass is 117 g/mol. The van der Waals surface area contributed by atoms with Crippen molar-refractivity contribution in [2.45, 2.75) is 19.9 Å². The zero-order valence-electron chi connectivity index (χ0n) is 5.33. The van der Waals surface area contributed by atoms with Gasteiger partial charge in [-0.1, -0.05) is 13.8 Å². The highest BCUT2D eigenvalue weighted by molar-refractivity contribution is 4.61. The van der Waals surface area contributed by atoms with Crippen molar-refractivity contribution in [1.29, 1.82) is 0 Å². The minimum Gasteiger partial charge on any atom is -0.395 e. The molecule has 0 aromatic carbocycles. The molecule has 0 aliphatic heterocycles. The van der Waals surface area contributed by atoms with Gasteiger partial charge in [0.25, 0.3) is 0 Å². The van der Waals surface area contributed by atoms with Crippen LogP contribution in [0.4, 0.5) is 0 Å². The van der Waals surface area contributed by atoms with Crippen LogP contribution in [0.2, 0.25) is 0 Å². The Balaban J connectivity index is 0. The fraction of sp³-hybridized carbons (Fsp3) is 1.00. The average Bonchev–Trinajstić information content (AvgIpc) is 1.65. The van der Waals surface area contributed by atoms with E-state index in [2.05, 4.69) is 0 Å². The Morgan fingerprint density at radius 2 is 1.88 bits per heavy atom. The van der Waals surface area contributed by atoms with Crippen molar-refractivity contribution in [2.24, 2.45) is 11.7 Å². The molecule has 0 aromatic heterocycles. The number of nitrogens with zero attached hydrogens (tertiary/aromatic N) is 1. The number of aliphatic hydroxyl groups excluding tert-OH is 1. The van der Waals surface area contributed by atoms with Gasteiger partial charge in [0.05, 0.1) is 6.61 Å². The Labute approximate surface area is 50.5 Å². The molecular formula is C5H13N2O. The number of nitrogens with two attached hydrogens (primary N) is 1. The number of hydrogen-bond donors (Lipinski definition) is 2. The third kappa shape index (κ3) is 4.05. The lowest BCUT2D eigenvalue weighted by atomic mass is 10.1. The van der Waals surface area contributed by atoms with Crippen molar-refractivity contribution in [3.63, 3.8) is 0 Å². The summed E-state index contributed by atoms with van der Waals surface area (Å²) in [5.74, 6) is 0.394. The van der Waals surface area contributed by atoms with E-state index in [9.17, 15) is 0 Å². The molecule has 3 heteroatoms. The van der Waals surface area contributed by atoms with Gasteiger partial charge >= 0.3 is 0 Å². The minimum absolute atomic E-state index is 0. The molecule has 8 heavy (non-hydrogen) atoms. The molecule has 3 nitrogen and oxygen atoms in total. The van der Waals surface area contributed by atoms with Gasteiger partial charge in [-0.2, -0.15) is 0 Å². The van der Waals surface area contributed by atoms with E-state index >= 15 is 0 Å². The van der Waals surface area contributed by atoms with Crippen LogP contribution in [0.1, 0.15) is 13.8 Å². The van der Waals surface area contributed by atoms with E-state index in [1.165, 1.54) is 0 Å². The van der Waals surface area contributed by atoms with Gasteiger partial charge in [0, 0.05) is 12.2 Å². The number of rotatable bonds is 2. The summed E-state index contributed by atoms with van der Waals surface area (Å²) in [6, 6.07) is -0.0417. The largest absolute Gasteiger partial charge is 0.395 e. The Kier molecular flexibility index (Phi) is 6.78. The molecule has 1 atom stereocenters. The summed E-state index contributed by atoms with van der Waals surface area (Å²) in [4.78, 5) is 0. The lowest BCUT2D eigenvalue weighted by Gasteiger charge is -2.10. The average molecular weight is 117 g/mol. The van der Waals surface area contributed by atoms with Gasteiger partial charge in [-0.05, 0) is 5.92 Å². The molecule has 0 spiro atoms. The molecule has 0 unspecified atom stereocenters. The highest BCUT2D eigenvalue weighted by Crippen LogP contribution is 1.94. The third-order valence-electron chi connectivity index (χ3n) is 1.07. The van der Waals surface area contributed by atoms with Crippen LogP contribution in [0, 0.1) is 5.92 Å². The van der Waals surface area contributed by atoms with Gasteiger partial charge in [-0.25, -0.2) is 0 Å². The van der Waals surface area contributed by atoms with Crippen molar-refractivity contribution in [1.82, 2.24) is 6.15 Å². The first-order valence-electron chi connectivity index (χ1n) is 2.55. The smallest absolute Gasteiger partial charge is 0.0585 e. The topological polar surface area (TPSA) is 76.8 Å². The molecule has 0 saturated heterocycles. The van der Waals surface area contributed by atoms with E-state index in [1.54, 1.807) is 0 Å². The minimum atomic E-state index is -0.0417. The molecular weight excluding hydrogens is 104 g/mol. The first kappa shape index (κ1) is 10.8. The third-order valence-corrected chi connectivity index (χ3v) is 1.07. The van der Waals surface area contributed by atoms with Gasteiger partial charge in [-0.3, -0.25) is 0 Å². The summed E-state index contributed by atoms with van der Waals surface area (Å²) in [7, 11) is 0. The van der Waals surface area contributed by atoms with Gasteiger partial charge < -0.3 is 10.8 Å². The fourth-order valence-electron chi connectivity index (χ4n) is 0.211. The first-order valence-corrected chi connectivity index (χ1v) is 2.55. The van der Waals surface area contributed by atoms with Crippen LogP contribution < -0.4 is 11.9 Å². The van der Waals surface area contributed by atoms with Crippen LogP contribution in [0.3, 0.4) is 0 Å². The lowest BCUT2D eigenvalue weighted by molar-refractivity contribution is 0.238. The molecule has 0 bridgehead atoms. The number of aliphatic hydroxyl groups is 1. The van der Waals surface area contributed by atoms with E-state index in [4.69, 9.17) is 10.8 Å². The molecule has 49 valence electrons. The van der Waals surface area contributed by atoms with Crippen LogP contribution in [0.5, 0.6) is 0 Å². The normalized spacial score (nSPS) is 13.1. The molecule has 0 rings (SSSR count). The van der Waals surface area contributed by atoms with E-state index in [-0.39, 0.29) is 18.8 Å². The summed E-state index contributed by atoms with van der Waals surface area (Å²) in [5.41, 5.74) is 5.37. The molecule has 0 aliphatic rings. The maximum absolute atomic E-state index is 8.38. The molecule has 0 amide bonds. The molecule has 0 heterocycles. The fourth-order valence-corrected chi connectivity index (χ4v) is 0.211. The molecule has 0 aromatic rings. The second-order valence-electron chi connectivity index (χ2n) is 2.09. The molecule has 0 fully saturated rings. The zero-order valence-corrected chi connectivity index (χ0v) is 5.33. The molecule has 0 aliphatic carbocycles. The Hall–Kier alpha value is -0.120. The highest BCUT2D eigenvalue weighted by Gasteiger charge is 2.02. The van der Waals surface area contributed by atoms with Gasteiger partial charge in [0.1, 0.15) is 0 Å². The Bertz CT molecular complexity index is 47.7. The van der Waals surface area contributed by atoms with E-state index in [1.807, 2.05) is 13.8 Å². The predicted molar refractivity (Wildman–Crippen MR) is 32.0 cm³/mol. The maximum Gasteiger partial charge on any atom is 0.0585 e. The summed E-state index contributed by atoms with van der Waals surface area (Å²) >= 11 is 0. The van der Waals surface area contributed by atoms with Crippen molar-refractivity contribution >= 4 is 0 Å². The van der Waals surface area contributed by atoms with Gasteiger partial charge in [0.15, 0.2) is 0 Å². The Morgan fingerprint density at radius 1 is 1.50 bits per heavy atom. The van der Waals surface area contributed by atoms with Crippen molar-refractivity contribution in [2.75, 3.05) is 6.61 Å². The molecule has 3 N–H and O–H groups in total. The van der Waals surface area contributed by atoms with Crippen LogP contribution in [-0.2, 0) is 0 Å². The summed E-state index contributed by atoms with van der Waals surface area (Å²) in [6.07, 6.45) is 0.